The summed E-state index contributed by atoms with van der Waals surface area (Å²) in [6, 6.07) is 9.75. The number of carbonyl (C=O) groups excluding carboxylic acids is 2. The van der Waals surface area contributed by atoms with E-state index in [0.717, 1.165) is 42.6 Å². The third kappa shape index (κ3) is 9.10. The Labute approximate surface area is 215 Å². The average molecular weight is 538 g/mol. The smallest absolute Gasteiger partial charge is 0.416 e. The minimum absolute atomic E-state index is 0.176. The number of nitrogens with one attached hydrogen (secondary N) is 4. The Morgan fingerprint density at radius 2 is 1.89 bits per heavy atom. The fraction of sp³-hybridized carbons (Fsp3) is 0.333. The zero-order valence-corrected chi connectivity index (χ0v) is 20.4. The minimum Gasteiger partial charge on any atom is -0.480 e. The second kappa shape index (κ2) is 13.1. The number of aliphatic carboxylic acids is 1. The number of halogens is 3. The van der Waals surface area contributed by atoms with E-state index in [4.69, 9.17) is 0 Å². The maximum atomic E-state index is 12.9. The molecule has 0 spiro atoms. The predicted molar refractivity (Wildman–Crippen MR) is 132 cm³/mol. The summed E-state index contributed by atoms with van der Waals surface area (Å²) in [6.45, 7) is 1.14. The number of hydrogen-bond acceptors (Lipinski definition) is 7. The number of carbonyl (C=O) groups is 3. The molecule has 0 bridgehead atoms. The van der Waals surface area contributed by atoms with Crippen LogP contribution < -0.4 is 20.7 Å². The molecule has 3 rings (SSSR count). The van der Waals surface area contributed by atoms with Crippen LogP contribution in [0.2, 0.25) is 0 Å². The Bertz CT molecular complexity index is 1140. The van der Waals surface area contributed by atoms with Gasteiger partial charge in [0.05, 0.1) is 5.56 Å². The molecule has 2 aromatic rings. The molecular weight excluding hydrogens is 511 g/mol. The van der Waals surface area contributed by atoms with Crippen molar-refractivity contribution in [1.82, 2.24) is 20.7 Å². The molecule has 0 aromatic heterocycles. The van der Waals surface area contributed by atoms with Gasteiger partial charge in [-0.05, 0) is 60.7 Å². The number of guanidine groups is 1. The van der Waals surface area contributed by atoms with Crippen molar-refractivity contribution in [3.63, 3.8) is 0 Å². The quantitative estimate of drug-likeness (QED) is 0.295. The third-order valence-corrected chi connectivity index (χ3v) is 6.15. The Hall–Kier alpha value is -3.58. The number of carboxylic acids is 1. The van der Waals surface area contributed by atoms with Gasteiger partial charge in [-0.25, -0.2) is 4.72 Å². The first-order chi connectivity index (χ1) is 17.6. The normalized spacial score (nSPS) is 14.2. The molecule has 5 N–H and O–H groups in total. The highest BCUT2D eigenvalue weighted by Crippen LogP contribution is 2.31. The number of nitrogens with zero attached hydrogens (tertiary/aromatic N) is 1. The number of alkyl halides is 3. The molecule has 37 heavy (non-hydrogen) atoms. The Kier molecular flexibility index (Phi) is 9.92. The van der Waals surface area contributed by atoms with Crippen LogP contribution in [0.1, 0.15) is 34.3 Å². The zero-order valence-electron chi connectivity index (χ0n) is 19.6. The van der Waals surface area contributed by atoms with Crippen LogP contribution in [0.3, 0.4) is 0 Å². The maximum absolute atomic E-state index is 12.9. The van der Waals surface area contributed by atoms with E-state index in [-0.39, 0.29) is 23.8 Å². The molecule has 0 saturated heterocycles. The average Bonchev–Trinajstić information content (AvgIpc) is 2.87. The van der Waals surface area contributed by atoms with E-state index >= 15 is 0 Å². The molecule has 2 aromatic carbocycles. The molecule has 1 aliphatic heterocycles. The van der Waals surface area contributed by atoms with Gasteiger partial charge in [0.15, 0.2) is 5.96 Å². The molecule has 2 amide bonds. The number of rotatable bonds is 10. The van der Waals surface area contributed by atoms with Crippen molar-refractivity contribution in [2.75, 3.05) is 19.6 Å². The van der Waals surface area contributed by atoms with Crippen molar-refractivity contribution >= 4 is 35.7 Å². The van der Waals surface area contributed by atoms with Crippen molar-refractivity contribution in [3.05, 3.63) is 65.2 Å². The van der Waals surface area contributed by atoms with Gasteiger partial charge in [-0.2, -0.15) is 13.2 Å². The SMILES string of the molecule is O=C(CCc1ccc(C(=O)NCC(NSc2cccc(C(F)(F)F)c2)C(=O)O)cc1)NC1=NCCCN1. The number of amides is 2. The van der Waals surface area contributed by atoms with E-state index in [1.54, 1.807) is 24.3 Å². The third-order valence-electron chi connectivity index (χ3n) is 5.26. The van der Waals surface area contributed by atoms with Crippen molar-refractivity contribution in [2.24, 2.45) is 4.99 Å². The largest absolute Gasteiger partial charge is 0.480 e. The number of hydrogen-bond donors (Lipinski definition) is 5. The molecule has 9 nitrogen and oxygen atoms in total. The molecule has 13 heteroatoms. The van der Waals surface area contributed by atoms with Gasteiger partial charge in [-0.15, -0.1) is 0 Å². The highest BCUT2D eigenvalue weighted by atomic mass is 32.2. The highest BCUT2D eigenvalue weighted by molar-refractivity contribution is 7.97. The molecular formula is C24H26F3N5O4S. The lowest BCUT2D eigenvalue weighted by Crippen LogP contribution is -2.43. The van der Waals surface area contributed by atoms with Crippen LogP contribution in [0.15, 0.2) is 58.4 Å². The van der Waals surface area contributed by atoms with E-state index in [1.165, 1.54) is 12.1 Å². The summed E-state index contributed by atoms with van der Waals surface area (Å²) < 4.78 is 41.2. The summed E-state index contributed by atoms with van der Waals surface area (Å²) in [4.78, 5) is 40.4. The molecule has 0 fully saturated rings. The topological polar surface area (TPSA) is 132 Å². The lowest BCUT2D eigenvalue weighted by Gasteiger charge is -2.15. The van der Waals surface area contributed by atoms with Gasteiger partial charge in [0, 0.05) is 36.5 Å². The fourth-order valence-corrected chi connectivity index (χ4v) is 4.04. The Morgan fingerprint density at radius 1 is 1.14 bits per heavy atom. The lowest BCUT2D eigenvalue weighted by molar-refractivity contribution is -0.139. The zero-order chi connectivity index (χ0) is 26.8. The highest BCUT2D eigenvalue weighted by Gasteiger charge is 2.30. The van der Waals surface area contributed by atoms with Crippen molar-refractivity contribution in [1.29, 1.82) is 0 Å². The standard InChI is InChI=1S/C24H26F3N5O4S/c25-24(26,27)17-3-1-4-18(13-17)37-32-19(22(35)36)14-30-21(34)16-8-5-15(6-9-16)7-10-20(33)31-23-28-11-2-12-29-23/h1,3-6,8-9,13,19,32H,2,7,10-12,14H2,(H,30,34)(H,35,36)(H2,28,29,31,33). The fourth-order valence-electron chi connectivity index (χ4n) is 3.24. The monoisotopic (exact) mass is 537 g/mol. The van der Waals surface area contributed by atoms with Crippen LogP contribution >= 0.6 is 11.9 Å². The van der Waals surface area contributed by atoms with Gasteiger partial charge in [-0.1, -0.05) is 18.2 Å². The second-order valence-electron chi connectivity index (χ2n) is 8.10. The van der Waals surface area contributed by atoms with Gasteiger partial charge in [0.1, 0.15) is 6.04 Å². The molecule has 0 saturated carbocycles. The number of aliphatic imine (C=N–C) groups is 1. The van der Waals surface area contributed by atoms with Crippen LogP contribution in [-0.2, 0) is 22.2 Å². The summed E-state index contributed by atoms with van der Waals surface area (Å²) in [6.07, 6.45) is -2.90. The molecule has 1 aliphatic rings. The Morgan fingerprint density at radius 3 is 2.54 bits per heavy atom. The van der Waals surface area contributed by atoms with Gasteiger partial charge in [0.25, 0.3) is 5.91 Å². The molecule has 1 heterocycles. The van der Waals surface area contributed by atoms with E-state index in [1.807, 2.05) is 0 Å². The van der Waals surface area contributed by atoms with E-state index in [9.17, 15) is 32.7 Å². The molecule has 1 unspecified atom stereocenters. The van der Waals surface area contributed by atoms with Crippen LogP contribution in [0.25, 0.3) is 0 Å². The first kappa shape index (κ1) is 28.0. The van der Waals surface area contributed by atoms with Gasteiger partial charge in [0.2, 0.25) is 5.91 Å². The van der Waals surface area contributed by atoms with Gasteiger partial charge < -0.3 is 15.7 Å². The van der Waals surface area contributed by atoms with E-state index in [0.29, 0.717) is 24.5 Å². The van der Waals surface area contributed by atoms with Gasteiger partial charge >= 0.3 is 12.1 Å². The number of aryl methyl sites for hydroxylation is 1. The molecule has 1 atom stereocenters. The van der Waals surface area contributed by atoms with Crippen molar-refractivity contribution < 1.29 is 32.7 Å². The van der Waals surface area contributed by atoms with Crippen LogP contribution in [0, 0.1) is 0 Å². The van der Waals surface area contributed by atoms with Crippen LogP contribution in [0.5, 0.6) is 0 Å². The Balaban J connectivity index is 1.46. The van der Waals surface area contributed by atoms with Crippen LogP contribution in [-0.4, -0.2) is 54.5 Å². The second-order valence-corrected chi connectivity index (χ2v) is 9.01. The molecule has 0 radical (unpaired) electrons. The summed E-state index contributed by atoms with van der Waals surface area (Å²) in [5, 5.41) is 17.6. The first-order valence-corrected chi connectivity index (χ1v) is 12.2. The predicted octanol–water partition coefficient (Wildman–Crippen LogP) is 2.58. The summed E-state index contributed by atoms with van der Waals surface area (Å²) in [5.74, 6) is -1.48. The minimum atomic E-state index is -4.51. The maximum Gasteiger partial charge on any atom is 0.416 e. The lowest BCUT2D eigenvalue weighted by atomic mass is 10.1. The van der Waals surface area contributed by atoms with E-state index in [2.05, 4.69) is 25.7 Å². The summed E-state index contributed by atoms with van der Waals surface area (Å²) >= 11 is 0.729. The summed E-state index contributed by atoms with van der Waals surface area (Å²) in [5.41, 5.74) is 0.288. The molecule has 0 aliphatic carbocycles. The summed E-state index contributed by atoms with van der Waals surface area (Å²) in [7, 11) is 0. The van der Waals surface area contributed by atoms with Crippen LogP contribution in [0.4, 0.5) is 13.2 Å². The van der Waals surface area contributed by atoms with Gasteiger partial charge in [-0.3, -0.25) is 24.7 Å². The van der Waals surface area contributed by atoms with E-state index < -0.39 is 29.7 Å². The van der Waals surface area contributed by atoms with Crippen molar-refractivity contribution in [3.8, 4) is 0 Å². The molecule has 198 valence electrons. The number of carboxylic acid groups (broad SMARTS) is 1. The number of benzene rings is 2. The first-order valence-electron chi connectivity index (χ1n) is 11.4. The van der Waals surface area contributed by atoms with Crippen molar-refractivity contribution in [2.45, 2.75) is 36.4 Å².